The summed E-state index contributed by atoms with van der Waals surface area (Å²) in [6.07, 6.45) is 7.11. The van der Waals surface area contributed by atoms with Crippen LogP contribution in [0.4, 0.5) is 17.3 Å². The lowest BCUT2D eigenvalue weighted by Gasteiger charge is -2.29. The minimum Gasteiger partial charge on any atom is -0.384 e. The van der Waals surface area contributed by atoms with E-state index < -0.39 is 24.9 Å². The summed E-state index contributed by atoms with van der Waals surface area (Å²) in [6, 6.07) is 16.0. The summed E-state index contributed by atoms with van der Waals surface area (Å²) in [4.78, 5) is 23.8. The van der Waals surface area contributed by atoms with Crippen molar-refractivity contribution in [3.05, 3.63) is 71.1 Å². The maximum atomic E-state index is 14.3. The van der Waals surface area contributed by atoms with Crippen molar-refractivity contribution in [2.24, 2.45) is 0 Å². The molecule has 2 aromatic heterocycles. The molecule has 14 heteroatoms. The second-order valence-electron chi connectivity index (χ2n) is 12.7. The van der Waals surface area contributed by atoms with Crippen molar-refractivity contribution in [1.29, 1.82) is 0 Å². The number of fused-ring (bicyclic) bond motifs is 1. The Hall–Kier alpha value is -3.85. The van der Waals surface area contributed by atoms with E-state index in [1.807, 2.05) is 24.3 Å². The molecule has 2 aliphatic rings. The average molecular weight is 695 g/mol. The van der Waals surface area contributed by atoms with Crippen molar-refractivity contribution in [2.45, 2.75) is 60.8 Å². The van der Waals surface area contributed by atoms with Crippen molar-refractivity contribution < 1.29 is 21.6 Å². The van der Waals surface area contributed by atoms with Crippen molar-refractivity contribution in [2.75, 3.05) is 49.4 Å². The maximum absolute atomic E-state index is 14.3. The third kappa shape index (κ3) is 7.72. The molecule has 2 fully saturated rings. The number of hydrogen-bond donors (Lipinski definition) is 3. The molecule has 256 valence electrons. The molecule has 2 aromatic carbocycles. The van der Waals surface area contributed by atoms with Gasteiger partial charge >= 0.3 is 0 Å². The van der Waals surface area contributed by atoms with Gasteiger partial charge in [0.25, 0.3) is 5.56 Å². The summed E-state index contributed by atoms with van der Waals surface area (Å²) in [6.45, 7) is 2.07. The van der Waals surface area contributed by atoms with E-state index in [4.69, 9.17) is 9.72 Å². The van der Waals surface area contributed by atoms with Crippen LogP contribution in [-0.2, 0) is 24.4 Å². The van der Waals surface area contributed by atoms with Gasteiger partial charge in [-0.3, -0.25) is 9.36 Å². The van der Waals surface area contributed by atoms with E-state index in [1.54, 1.807) is 29.0 Å². The molecule has 4 aromatic rings. The quantitative estimate of drug-likeness (QED) is 0.205. The van der Waals surface area contributed by atoms with Crippen LogP contribution in [0, 0.1) is 0 Å². The number of anilines is 3. The third-order valence-corrected chi connectivity index (χ3v) is 12.7. The highest BCUT2D eigenvalue weighted by Crippen LogP contribution is 2.34. The summed E-state index contributed by atoms with van der Waals surface area (Å²) in [5.41, 5.74) is 2.94. The van der Waals surface area contributed by atoms with Gasteiger partial charge in [-0.15, -0.1) is 0 Å². The molecule has 12 nitrogen and oxygen atoms in total. The molecule has 1 aliphatic carbocycles. The third-order valence-electron chi connectivity index (χ3n) is 9.28. The Balaban J connectivity index is 1.33. The van der Waals surface area contributed by atoms with Crippen LogP contribution in [0.1, 0.15) is 44.6 Å². The van der Waals surface area contributed by atoms with Crippen LogP contribution < -0.4 is 21.5 Å². The van der Waals surface area contributed by atoms with Gasteiger partial charge in [0.05, 0.1) is 22.5 Å². The smallest absolute Gasteiger partial charge is 0.260 e. The number of piperidine rings is 1. The molecule has 3 heterocycles. The van der Waals surface area contributed by atoms with Crippen LogP contribution in [-0.4, -0.2) is 81.5 Å². The first-order valence-corrected chi connectivity index (χ1v) is 19.9. The molecule has 1 atom stereocenters. The zero-order chi connectivity index (χ0) is 33.9. The Labute approximate surface area is 281 Å². The predicted octanol–water partition coefficient (Wildman–Crippen LogP) is 4.31. The summed E-state index contributed by atoms with van der Waals surface area (Å²) in [5, 5.41) is 10.4. The van der Waals surface area contributed by atoms with Gasteiger partial charge in [-0.2, -0.15) is 4.98 Å². The van der Waals surface area contributed by atoms with Gasteiger partial charge in [0.2, 0.25) is 5.95 Å². The number of aromatic nitrogens is 3. The minimum atomic E-state index is -3.54. The number of sulfone groups is 2. The Morgan fingerprint density at radius 1 is 0.958 bits per heavy atom. The summed E-state index contributed by atoms with van der Waals surface area (Å²) in [7, 11) is -5.29. The fraction of sp³-hybridized carbons (Fsp3) is 0.441. The molecular weight excluding hydrogens is 653 g/mol. The molecule has 1 saturated heterocycles. The Morgan fingerprint density at radius 2 is 1.67 bits per heavy atom. The van der Waals surface area contributed by atoms with Crippen LogP contribution in [0.3, 0.4) is 0 Å². The van der Waals surface area contributed by atoms with Gasteiger partial charge in [-0.05, 0) is 93.1 Å². The monoisotopic (exact) mass is 694 g/mol. The van der Waals surface area contributed by atoms with Crippen molar-refractivity contribution in [1.82, 2.24) is 19.9 Å². The highest BCUT2D eigenvalue weighted by molar-refractivity contribution is 7.91. The molecule has 0 bridgehead atoms. The second kappa shape index (κ2) is 14.3. The first kappa shape index (κ1) is 34.0. The van der Waals surface area contributed by atoms with Gasteiger partial charge in [0.15, 0.2) is 9.84 Å². The molecule has 48 heavy (non-hydrogen) atoms. The molecule has 0 radical (unpaired) electrons. The Bertz CT molecular complexity index is 2020. The van der Waals surface area contributed by atoms with Crippen LogP contribution >= 0.6 is 0 Å². The van der Waals surface area contributed by atoms with E-state index in [2.05, 4.69) is 20.9 Å². The lowest BCUT2D eigenvalue weighted by Crippen LogP contribution is -2.38. The van der Waals surface area contributed by atoms with E-state index in [0.717, 1.165) is 37.3 Å². The van der Waals surface area contributed by atoms with Crippen LogP contribution in [0.15, 0.2) is 70.5 Å². The Kier molecular flexibility index (Phi) is 10.2. The van der Waals surface area contributed by atoms with Gasteiger partial charge in [0.1, 0.15) is 15.5 Å². The zero-order valence-corrected chi connectivity index (χ0v) is 28.8. The molecule has 1 saturated carbocycles. The first-order chi connectivity index (χ1) is 23.0. The first-order valence-electron chi connectivity index (χ1n) is 16.3. The normalized spacial score (nSPS) is 20.4. The maximum Gasteiger partial charge on any atom is 0.260 e. The van der Waals surface area contributed by atoms with Gasteiger partial charge in [0, 0.05) is 60.5 Å². The number of nitrogens with one attached hydrogen (secondary N) is 3. The standard InChI is InChI=1S/C34H42N6O6S2/c1-46-18-19-48(44,45)30-13-5-23(6-14-30)31-20-24-21-36-34(38-26-9-7-25(8-10-26)37-27-4-3-17-35-22-27)39-32(24)40(33(31)41)28-11-15-29(16-12-28)47(2,42)43/h5-10,13-14,20-21,27-29,35,37H,3-4,11-12,15-19,22H2,1-2H3,(H,36,38,39). The molecule has 3 N–H and O–H groups in total. The van der Waals surface area contributed by atoms with Crippen molar-refractivity contribution in [3.8, 4) is 11.1 Å². The summed E-state index contributed by atoms with van der Waals surface area (Å²) < 4.78 is 56.6. The number of nitrogens with zero attached hydrogens (tertiary/aromatic N) is 3. The highest BCUT2D eigenvalue weighted by atomic mass is 32.2. The van der Waals surface area contributed by atoms with E-state index in [0.29, 0.717) is 59.8 Å². The average Bonchev–Trinajstić information content (AvgIpc) is 3.08. The SMILES string of the molecule is COCCS(=O)(=O)c1ccc(-c2cc3cnc(Nc4ccc(NC5CCCNC5)cc4)nc3n(C3CCC(S(C)(=O)=O)CC3)c2=O)cc1. The molecule has 1 aliphatic heterocycles. The minimum absolute atomic E-state index is 0.0821. The number of rotatable bonds is 11. The number of benzene rings is 2. The van der Waals surface area contributed by atoms with E-state index in [9.17, 15) is 21.6 Å². The van der Waals surface area contributed by atoms with Crippen molar-refractivity contribution >= 4 is 48.0 Å². The van der Waals surface area contributed by atoms with Crippen LogP contribution in [0.25, 0.3) is 22.2 Å². The molecule has 1 unspecified atom stereocenters. The number of pyridine rings is 1. The molecule has 0 spiro atoms. The van der Waals surface area contributed by atoms with E-state index >= 15 is 0 Å². The number of methoxy groups -OCH3 is 1. The summed E-state index contributed by atoms with van der Waals surface area (Å²) >= 11 is 0. The van der Waals surface area contributed by atoms with E-state index in [-0.39, 0.29) is 28.9 Å². The predicted molar refractivity (Wildman–Crippen MR) is 189 cm³/mol. The molecule has 0 amide bonds. The fourth-order valence-corrected chi connectivity index (χ4v) is 8.90. The largest absolute Gasteiger partial charge is 0.384 e. The van der Waals surface area contributed by atoms with Crippen molar-refractivity contribution in [3.63, 3.8) is 0 Å². The number of ether oxygens (including phenoxy) is 1. The van der Waals surface area contributed by atoms with Crippen LogP contribution in [0.5, 0.6) is 0 Å². The second-order valence-corrected chi connectivity index (χ2v) is 17.1. The zero-order valence-electron chi connectivity index (χ0n) is 27.2. The summed E-state index contributed by atoms with van der Waals surface area (Å²) in [5.74, 6) is 0.186. The lowest BCUT2D eigenvalue weighted by atomic mass is 9.94. The molecule has 6 rings (SSSR count). The highest BCUT2D eigenvalue weighted by Gasteiger charge is 2.31. The fourth-order valence-electron chi connectivity index (χ4n) is 6.60. The lowest BCUT2D eigenvalue weighted by molar-refractivity contribution is 0.217. The Morgan fingerprint density at radius 3 is 2.31 bits per heavy atom. The van der Waals surface area contributed by atoms with Gasteiger partial charge in [-0.1, -0.05) is 12.1 Å². The van der Waals surface area contributed by atoms with Crippen LogP contribution in [0.2, 0.25) is 0 Å². The van der Waals surface area contributed by atoms with Gasteiger partial charge < -0.3 is 20.7 Å². The molecular formula is C34H42N6O6S2. The van der Waals surface area contributed by atoms with Gasteiger partial charge in [-0.25, -0.2) is 21.8 Å². The van der Waals surface area contributed by atoms with E-state index in [1.165, 1.54) is 25.5 Å². The topological polar surface area (TPSA) is 161 Å². The number of hydrogen-bond acceptors (Lipinski definition) is 11.